The quantitative estimate of drug-likeness (QED) is 0.831. The van der Waals surface area contributed by atoms with Crippen LogP contribution in [0.4, 0.5) is 0 Å². The zero-order chi connectivity index (χ0) is 16.6. The number of carbonyl (C=O) groups is 1. The van der Waals surface area contributed by atoms with Crippen molar-refractivity contribution in [3.05, 3.63) is 24.2 Å². The molecule has 0 aromatic carbocycles. The van der Waals surface area contributed by atoms with E-state index in [1.165, 1.54) is 19.3 Å². The highest BCUT2D eigenvalue weighted by atomic mass is 16.5. The standard InChI is InChI=1S/C19H28N2O3/c1-20-14-19(10-17(20)13-24-11-15-2-3-15)5-7-21(8-6-19)18(22)16-4-9-23-12-16/h4,9,12,15,17H,2-3,5-8,10-11,13-14H2,1H3. The van der Waals surface area contributed by atoms with Gasteiger partial charge in [0.2, 0.25) is 0 Å². The molecule has 5 nitrogen and oxygen atoms in total. The average Bonchev–Trinajstić information content (AvgIpc) is 3.14. The molecule has 0 bridgehead atoms. The number of nitrogens with zero attached hydrogens (tertiary/aromatic N) is 2. The average molecular weight is 332 g/mol. The lowest BCUT2D eigenvalue weighted by Crippen LogP contribution is -2.44. The largest absolute Gasteiger partial charge is 0.472 e. The molecule has 3 heterocycles. The van der Waals surface area contributed by atoms with E-state index >= 15 is 0 Å². The minimum atomic E-state index is 0.106. The Morgan fingerprint density at radius 2 is 2.12 bits per heavy atom. The zero-order valence-electron chi connectivity index (χ0n) is 14.6. The molecule has 1 aliphatic carbocycles. The number of hydrogen-bond acceptors (Lipinski definition) is 4. The number of ether oxygens (including phenoxy) is 1. The summed E-state index contributed by atoms with van der Waals surface area (Å²) in [5, 5.41) is 0. The Balaban J connectivity index is 1.29. The highest BCUT2D eigenvalue weighted by Gasteiger charge is 2.44. The van der Waals surface area contributed by atoms with Crippen molar-refractivity contribution in [1.29, 1.82) is 0 Å². The van der Waals surface area contributed by atoms with Gasteiger partial charge in [-0.2, -0.15) is 0 Å². The first-order chi connectivity index (χ1) is 11.7. The van der Waals surface area contributed by atoms with Crippen molar-refractivity contribution in [2.75, 3.05) is 39.9 Å². The minimum Gasteiger partial charge on any atom is -0.472 e. The Morgan fingerprint density at radius 3 is 2.79 bits per heavy atom. The molecule has 2 aliphatic heterocycles. The van der Waals surface area contributed by atoms with Crippen molar-refractivity contribution in [3.8, 4) is 0 Å². The molecule has 4 rings (SSSR count). The summed E-state index contributed by atoms with van der Waals surface area (Å²) in [5.74, 6) is 0.942. The predicted molar refractivity (Wildman–Crippen MR) is 90.9 cm³/mol. The van der Waals surface area contributed by atoms with Crippen molar-refractivity contribution in [1.82, 2.24) is 9.80 Å². The molecule has 1 unspecified atom stereocenters. The van der Waals surface area contributed by atoms with Crippen LogP contribution in [0.1, 0.15) is 42.5 Å². The molecule has 24 heavy (non-hydrogen) atoms. The maximum Gasteiger partial charge on any atom is 0.257 e. The fraction of sp³-hybridized carbons (Fsp3) is 0.737. The van der Waals surface area contributed by atoms with Gasteiger partial charge in [0, 0.05) is 32.3 Å². The van der Waals surface area contributed by atoms with Gasteiger partial charge >= 0.3 is 0 Å². The summed E-state index contributed by atoms with van der Waals surface area (Å²) < 4.78 is 11.0. The fourth-order valence-electron chi connectivity index (χ4n) is 4.33. The molecule has 1 aromatic heterocycles. The first-order valence-corrected chi connectivity index (χ1v) is 9.25. The molecule has 3 aliphatic rings. The number of carbonyl (C=O) groups excluding carboxylic acids is 1. The van der Waals surface area contributed by atoms with Gasteiger partial charge in [-0.15, -0.1) is 0 Å². The van der Waals surface area contributed by atoms with Crippen molar-refractivity contribution >= 4 is 5.91 Å². The van der Waals surface area contributed by atoms with Crippen LogP contribution in [0, 0.1) is 11.3 Å². The normalized spacial score (nSPS) is 27.0. The first-order valence-electron chi connectivity index (χ1n) is 9.25. The lowest BCUT2D eigenvalue weighted by atomic mass is 9.76. The smallest absolute Gasteiger partial charge is 0.257 e. The maximum absolute atomic E-state index is 12.4. The van der Waals surface area contributed by atoms with Gasteiger partial charge in [0.15, 0.2) is 0 Å². The van der Waals surface area contributed by atoms with Crippen LogP contribution >= 0.6 is 0 Å². The molecular formula is C19H28N2O3. The maximum atomic E-state index is 12.4. The summed E-state index contributed by atoms with van der Waals surface area (Å²) in [5.41, 5.74) is 1.04. The van der Waals surface area contributed by atoms with E-state index in [2.05, 4.69) is 11.9 Å². The third-order valence-corrected chi connectivity index (χ3v) is 6.12. The van der Waals surface area contributed by atoms with E-state index in [0.29, 0.717) is 17.0 Å². The number of likely N-dealkylation sites (tertiary alicyclic amines) is 2. The molecule has 5 heteroatoms. The zero-order valence-corrected chi connectivity index (χ0v) is 14.6. The number of hydrogen-bond donors (Lipinski definition) is 0. The molecule has 1 saturated carbocycles. The molecular weight excluding hydrogens is 304 g/mol. The van der Waals surface area contributed by atoms with Crippen LogP contribution in [0.25, 0.3) is 0 Å². The summed E-state index contributed by atoms with van der Waals surface area (Å²) in [4.78, 5) is 16.9. The number of furan rings is 1. The van der Waals surface area contributed by atoms with E-state index in [4.69, 9.17) is 9.15 Å². The van der Waals surface area contributed by atoms with Crippen molar-refractivity contribution in [3.63, 3.8) is 0 Å². The molecule has 3 fully saturated rings. The van der Waals surface area contributed by atoms with Crippen LogP contribution < -0.4 is 0 Å². The summed E-state index contributed by atoms with van der Waals surface area (Å²) in [6, 6.07) is 2.29. The van der Waals surface area contributed by atoms with Crippen LogP contribution in [0.5, 0.6) is 0 Å². The highest BCUT2D eigenvalue weighted by molar-refractivity contribution is 5.93. The molecule has 0 N–H and O–H groups in total. The lowest BCUT2D eigenvalue weighted by Gasteiger charge is -2.39. The van der Waals surface area contributed by atoms with E-state index in [0.717, 1.165) is 51.6 Å². The van der Waals surface area contributed by atoms with Gasteiger partial charge < -0.3 is 19.0 Å². The molecule has 0 radical (unpaired) electrons. The fourth-order valence-corrected chi connectivity index (χ4v) is 4.33. The van der Waals surface area contributed by atoms with E-state index in [1.54, 1.807) is 18.6 Å². The van der Waals surface area contributed by atoms with E-state index in [9.17, 15) is 4.79 Å². The van der Waals surface area contributed by atoms with E-state index in [1.807, 2.05) is 4.90 Å². The van der Waals surface area contributed by atoms with Gasteiger partial charge in [-0.3, -0.25) is 4.79 Å². The monoisotopic (exact) mass is 332 g/mol. The van der Waals surface area contributed by atoms with E-state index in [-0.39, 0.29) is 5.91 Å². The lowest BCUT2D eigenvalue weighted by molar-refractivity contribution is 0.0587. The number of piperidine rings is 1. The number of likely N-dealkylation sites (N-methyl/N-ethyl adjacent to an activating group) is 1. The van der Waals surface area contributed by atoms with E-state index < -0.39 is 0 Å². The molecule has 132 valence electrons. The van der Waals surface area contributed by atoms with Crippen LogP contribution in [0.15, 0.2) is 23.0 Å². The first kappa shape index (κ1) is 16.2. The highest BCUT2D eigenvalue weighted by Crippen LogP contribution is 2.43. The van der Waals surface area contributed by atoms with Crippen LogP contribution in [0.2, 0.25) is 0 Å². The second-order valence-electron chi connectivity index (χ2n) is 8.06. The third-order valence-electron chi connectivity index (χ3n) is 6.12. The molecule has 1 amide bonds. The molecule has 1 atom stereocenters. The van der Waals surface area contributed by atoms with Crippen LogP contribution in [-0.2, 0) is 4.74 Å². The third kappa shape index (κ3) is 3.38. The Bertz CT molecular complexity index is 559. The van der Waals surface area contributed by atoms with Gasteiger partial charge in [0.05, 0.1) is 18.4 Å². The minimum absolute atomic E-state index is 0.106. The molecule has 2 saturated heterocycles. The van der Waals surface area contributed by atoms with Gasteiger partial charge in [0.1, 0.15) is 6.26 Å². The second kappa shape index (κ2) is 6.52. The SMILES string of the molecule is CN1CC2(CCN(C(=O)c3ccoc3)CC2)CC1COCC1CC1. The van der Waals surface area contributed by atoms with Gasteiger partial charge in [-0.25, -0.2) is 0 Å². The summed E-state index contributed by atoms with van der Waals surface area (Å²) >= 11 is 0. The summed E-state index contributed by atoms with van der Waals surface area (Å²) in [6.45, 7) is 4.66. The van der Waals surface area contributed by atoms with Gasteiger partial charge in [-0.05, 0) is 56.6 Å². The Labute approximate surface area is 143 Å². The number of amides is 1. The van der Waals surface area contributed by atoms with Crippen LogP contribution in [0.3, 0.4) is 0 Å². The predicted octanol–water partition coefficient (Wildman–Crippen LogP) is 2.63. The second-order valence-corrected chi connectivity index (χ2v) is 8.06. The Hall–Kier alpha value is -1.33. The van der Waals surface area contributed by atoms with Crippen molar-refractivity contribution in [2.24, 2.45) is 11.3 Å². The molecule has 1 aromatic rings. The summed E-state index contributed by atoms with van der Waals surface area (Å²) in [6.07, 6.45) is 9.22. The Morgan fingerprint density at radius 1 is 1.33 bits per heavy atom. The Kier molecular flexibility index (Phi) is 4.39. The molecule has 1 spiro atoms. The van der Waals surface area contributed by atoms with Gasteiger partial charge in [-0.1, -0.05) is 0 Å². The van der Waals surface area contributed by atoms with Crippen molar-refractivity contribution in [2.45, 2.75) is 38.1 Å². The van der Waals surface area contributed by atoms with Crippen molar-refractivity contribution < 1.29 is 13.9 Å². The summed E-state index contributed by atoms with van der Waals surface area (Å²) in [7, 11) is 2.23. The van der Waals surface area contributed by atoms with Crippen LogP contribution in [-0.4, -0.2) is 61.6 Å². The van der Waals surface area contributed by atoms with Gasteiger partial charge in [0.25, 0.3) is 5.91 Å². The number of rotatable bonds is 5. The topological polar surface area (TPSA) is 45.9 Å².